The highest BCUT2D eigenvalue weighted by molar-refractivity contribution is 5.84. The first-order valence-electron chi connectivity index (χ1n) is 13.5. The summed E-state index contributed by atoms with van der Waals surface area (Å²) in [6.45, 7) is 11.9. The number of carbonyl (C=O) groups is 1. The molecule has 2 aliphatic heterocycles. The van der Waals surface area contributed by atoms with E-state index in [1.54, 1.807) is 4.90 Å². The van der Waals surface area contributed by atoms with Crippen LogP contribution in [-0.4, -0.2) is 46.5 Å². The summed E-state index contributed by atoms with van der Waals surface area (Å²) in [6.07, 6.45) is 3.51. The van der Waals surface area contributed by atoms with Crippen LogP contribution in [0.1, 0.15) is 64.2 Å². The summed E-state index contributed by atoms with van der Waals surface area (Å²) in [5, 5.41) is 1.17. The number of para-hydroxylation sites is 1. The lowest BCUT2D eigenvalue weighted by molar-refractivity contribution is -0.0626. The summed E-state index contributed by atoms with van der Waals surface area (Å²) < 4.78 is 11.8. The Labute approximate surface area is 220 Å². The Morgan fingerprint density at radius 2 is 1.84 bits per heavy atom. The number of amides is 1. The molecule has 0 bridgehead atoms. The van der Waals surface area contributed by atoms with Crippen LogP contribution in [-0.2, 0) is 28.9 Å². The van der Waals surface area contributed by atoms with Gasteiger partial charge >= 0.3 is 6.09 Å². The summed E-state index contributed by atoms with van der Waals surface area (Å²) in [5.41, 5.74) is 3.85. The van der Waals surface area contributed by atoms with Crippen molar-refractivity contribution < 1.29 is 14.3 Å². The van der Waals surface area contributed by atoms with Crippen LogP contribution in [0.5, 0.6) is 0 Å². The number of hydrogen-bond donors (Lipinski definition) is 0. The highest BCUT2D eigenvalue weighted by atomic mass is 16.6. The van der Waals surface area contributed by atoms with Gasteiger partial charge in [-0.1, -0.05) is 42.5 Å². The lowest BCUT2D eigenvalue weighted by Gasteiger charge is -2.35. The third-order valence-corrected chi connectivity index (χ3v) is 7.38. The minimum absolute atomic E-state index is 0.0507. The van der Waals surface area contributed by atoms with E-state index in [2.05, 4.69) is 59.5 Å². The number of rotatable bonds is 4. The zero-order valence-corrected chi connectivity index (χ0v) is 22.8. The molecule has 5 rings (SSSR count). The molecule has 2 aromatic carbocycles. The van der Waals surface area contributed by atoms with Crippen LogP contribution in [0.2, 0.25) is 0 Å². The van der Waals surface area contributed by atoms with E-state index in [0.717, 1.165) is 50.1 Å². The zero-order chi connectivity index (χ0) is 26.2. The van der Waals surface area contributed by atoms with Gasteiger partial charge in [-0.15, -0.1) is 0 Å². The number of carbonyl (C=O) groups excluding carboxylic acids is 1. The van der Waals surface area contributed by atoms with Crippen molar-refractivity contribution in [3.05, 3.63) is 71.3 Å². The van der Waals surface area contributed by atoms with Crippen molar-refractivity contribution in [3.8, 4) is 0 Å². The molecule has 2 aliphatic rings. The molecule has 0 radical (unpaired) electrons. The number of fused-ring (bicyclic) bond motifs is 2. The maximum atomic E-state index is 13.1. The molecule has 1 saturated heterocycles. The Morgan fingerprint density at radius 3 is 2.62 bits per heavy atom. The Morgan fingerprint density at radius 1 is 1.11 bits per heavy atom. The Balaban J connectivity index is 1.41. The molecule has 1 amide bonds. The van der Waals surface area contributed by atoms with E-state index in [9.17, 15) is 4.79 Å². The summed E-state index contributed by atoms with van der Waals surface area (Å²) in [7, 11) is 0. The Kier molecular flexibility index (Phi) is 6.88. The smallest absolute Gasteiger partial charge is 0.412 e. The molecule has 0 spiro atoms. The third-order valence-electron chi connectivity index (χ3n) is 7.38. The van der Waals surface area contributed by atoms with Crippen molar-refractivity contribution in [1.82, 2.24) is 9.88 Å². The van der Waals surface area contributed by atoms with E-state index in [4.69, 9.17) is 14.5 Å². The largest absolute Gasteiger partial charge is 0.444 e. The first-order chi connectivity index (χ1) is 17.6. The van der Waals surface area contributed by atoms with Gasteiger partial charge in [-0.25, -0.2) is 9.78 Å². The maximum absolute atomic E-state index is 13.1. The maximum Gasteiger partial charge on any atom is 0.412 e. The lowest BCUT2D eigenvalue weighted by atomic mass is 10.0. The van der Waals surface area contributed by atoms with Gasteiger partial charge in [-0.05, 0) is 89.1 Å². The molecule has 3 heterocycles. The quantitative estimate of drug-likeness (QED) is 0.409. The SMILES string of the molecule is CC(C)(C)OC(=O)N1C(CCc2cc(N3CCCc4ccccc4C3)nc3ccccc23)COC1(C)C. The van der Waals surface area contributed by atoms with Gasteiger partial charge in [0.15, 0.2) is 0 Å². The normalized spacial score (nSPS) is 19.5. The van der Waals surface area contributed by atoms with Crippen LogP contribution in [0.25, 0.3) is 10.9 Å². The fourth-order valence-corrected chi connectivity index (χ4v) is 5.60. The van der Waals surface area contributed by atoms with Gasteiger partial charge in [0, 0.05) is 18.5 Å². The molecular formula is C31H39N3O3. The average Bonchev–Trinajstić information content (AvgIpc) is 3.00. The Hall–Kier alpha value is -3.12. The van der Waals surface area contributed by atoms with Crippen molar-refractivity contribution in [1.29, 1.82) is 0 Å². The molecule has 1 aromatic heterocycles. The molecule has 6 nitrogen and oxygen atoms in total. The van der Waals surface area contributed by atoms with Crippen molar-refractivity contribution in [2.75, 3.05) is 18.1 Å². The van der Waals surface area contributed by atoms with E-state index in [1.165, 1.54) is 22.1 Å². The highest BCUT2D eigenvalue weighted by Gasteiger charge is 2.45. The van der Waals surface area contributed by atoms with Gasteiger partial charge in [-0.2, -0.15) is 0 Å². The first kappa shape index (κ1) is 25.5. The predicted octanol–water partition coefficient (Wildman–Crippen LogP) is 6.49. The molecule has 1 fully saturated rings. The molecule has 1 unspecified atom stereocenters. The molecule has 0 N–H and O–H groups in total. The highest BCUT2D eigenvalue weighted by Crippen LogP contribution is 2.33. The number of ether oxygens (including phenoxy) is 2. The topological polar surface area (TPSA) is 54.9 Å². The van der Waals surface area contributed by atoms with Crippen molar-refractivity contribution in [2.24, 2.45) is 0 Å². The molecule has 0 saturated carbocycles. The summed E-state index contributed by atoms with van der Waals surface area (Å²) in [5.74, 6) is 1.03. The van der Waals surface area contributed by atoms with Crippen LogP contribution in [0.4, 0.5) is 10.6 Å². The fourth-order valence-electron chi connectivity index (χ4n) is 5.60. The second-order valence-corrected chi connectivity index (χ2v) is 11.8. The van der Waals surface area contributed by atoms with Crippen LogP contribution < -0.4 is 4.90 Å². The number of aromatic nitrogens is 1. The number of aryl methyl sites for hydroxylation is 2. The number of anilines is 1. The molecular weight excluding hydrogens is 462 g/mol. The Bertz CT molecular complexity index is 1280. The van der Waals surface area contributed by atoms with Crippen LogP contribution >= 0.6 is 0 Å². The third kappa shape index (κ3) is 5.59. The van der Waals surface area contributed by atoms with Crippen molar-refractivity contribution in [3.63, 3.8) is 0 Å². The number of pyridine rings is 1. The molecule has 37 heavy (non-hydrogen) atoms. The monoisotopic (exact) mass is 501 g/mol. The molecule has 3 aromatic rings. The standard InChI is InChI=1S/C31H39N3O3/c1-30(2,3)37-29(35)34-25(21-36-31(34,4)5)17-16-23-19-28(32-27-15-9-8-14-26(23)27)33-18-10-13-22-11-6-7-12-24(22)20-33/h6-9,11-12,14-15,19,25H,10,13,16-18,20-21H2,1-5H3. The van der Waals surface area contributed by atoms with E-state index in [0.29, 0.717) is 6.61 Å². The predicted molar refractivity (Wildman–Crippen MR) is 148 cm³/mol. The average molecular weight is 502 g/mol. The van der Waals surface area contributed by atoms with Gasteiger partial charge in [0.25, 0.3) is 0 Å². The fraction of sp³-hybridized carbons (Fsp3) is 0.484. The van der Waals surface area contributed by atoms with E-state index >= 15 is 0 Å². The van der Waals surface area contributed by atoms with E-state index in [-0.39, 0.29) is 12.1 Å². The van der Waals surface area contributed by atoms with Gasteiger partial charge in [-0.3, -0.25) is 4.90 Å². The van der Waals surface area contributed by atoms with Crippen LogP contribution in [0, 0.1) is 0 Å². The lowest BCUT2D eigenvalue weighted by Crippen LogP contribution is -2.49. The second kappa shape index (κ2) is 9.97. The minimum Gasteiger partial charge on any atom is -0.444 e. The van der Waals surface area contributed by atoms with Gasteiger partial charge in [0.05, 0.1) is 18.2 Å². The van der Waals surface area contributed by atoms with Crippen molar-refractivity contribution in [2.45, 2.75) is 84.2 Å². The van der Waals surface area contributed by atoms with Gasteiger partial charge in [0.2, 0.25) is 0 Å². The molecule has 1 atom stereocenters. The molecule has 0 aliphatic carbocycles. The van der Waals surface area contributed by atoms with E-state index in [1.807, 2.05) is 34.6 Å². The van der Waals surface area contributed by atoms with Gasteiger partial charge in [0.1, 0.15) is 17.1 Å². The van der Waals surface area contributed by atoms with E-state index < -0.39 is 11.3 Å². The van der Waals surface area contributed by atoms with Crippen LogP contribution in [0.3, 0.4) is 0 Å². The van der Waals surface area contributed by atoms with Crippen LogP contribution in [0.15, 0.2) is 54.6 Å². The summed E-state index contributed by atoms with van der Waals surface area (Å²) in [4.78, 5) is 22.4. The first-order valence-corrected chi connectivity index (χ1v) is 13.5. The summed E-state index contributed by atoms with van der Waals surface area (Å²) in [6, 6.07) is 19.3. The van der Waals surface area contributed by atoms with Crippen molar-refractivity contribution >= 4 is 22.8 Å². The number of benzene rings is 2. The molecule has 196 valence electrons. The second-order valence-electron chi connectivity index (χ2n) is 11.8. The molecule has 6 heteroatoms. The zero-order valence-electron chi connectivity index (χ0n) is 22.8. The number of hydrogen-bond acceptors (Lipinski definition) is 5. The minimum atomic E-state index is -0.697. The summed E-state index contributed by atoms with van der Waals surface area (Å²) >= 11 is 0. The number of nitrogens with zero attached hydrogens (tertiary/aromatic N) is 3. The van der Waals surface area contributed by atoms with Gasteiger partial charge < -0.3 is 14.4 Å².